The number of benzodiazepines with no additional fused rings is 1. The Bertz CT molecular complexity index is 866. The van der Waals surface area contributed by atoms with Crippen LogP contribution in [0.4, 0.5) is 5.69 Å². The lowest BCUT2D eigenvalue weighted by Gasteiger charge is -2.26. The molecule has 3 atom stereocenters. The van der Waals surface area contributed by atoms with Crippen LogP contribution in [0.1, 0.15) is 50.7 Å². The Kier molecular flexibility index (Phi) is 7.63. The van der Waals surface area contributed by atoms with Crippen LogP contribution in [0.3, 0.4) is 0 Å². The van der Waals surface area contributed by atoms with Gasteiger partial charge in [-0.05, 0) is 18.9 Å². The van der Waals surface area contributed by atoms with Crippen molar-refractivity contribution in [1.82, 2.24) is 5.32 Å². The third-order valence-corrected chi connectivity index (χ3v) is 5.75. The number of hydrogen-bond donors (Lipinski definition) is 2. The number of para-hydroxylation sites is 1. The van der Waals surface area contributed by atoms with Gasteiger partial charge in [0.1, 0.15) is 6.17 Å². The minimum atomic E-state index is -0.617. The number of amides is 1. The molecule has 30 heavy (non-hydrogen) atoms. The fraction of sp³-hybridized carbons (Fsp3) is 0.440. The largest absolute Gasteiger partial charge is 0.392 e. The van der Waals surface area contributed by atoms with Crippen LogP contribution in [0, 0.1) is 5.92 Å². The topological polar surface area (TPSA) is 64.9 Å². The zero-order valence-electron chi connectivity index (χ0n) is 18.2. The van der Waals surface area contributed by atoms with E-state index in [1.165, 1.54) is 0 Å². The maximum atomic E-state index is 13.0. The number of hydrogen-bond acceptors (Lipinski definition) is 4. The zero-order valence-corrected chi connectivity index (χ0v) is 18.2. The predicted molar refractivity (Wildman–Crippen MR) is 123 cm³/mol. The summed E-state index contributed by atoms with van der Waals surface area (Å²) in [5, 5.41) is 13.6. The first kappa shape index (κ1) is 22.0. The highest BCUT2D eigenvalue weighted by Crippen LogP contribution is 2.26. The molecule has 0 fully saturated rings. The van der Waals surface area contributed by atoms with Crippen LogP contribution in [-0.4, -0.2) is 42.6 Å². The van der Waals surface area contributed by atoms with Gasteiger partial charge in [-0.3, -0.25) is 9.79 Å². The van der Waals surface area contributed by atoms with E-state index in [4.69, 9.17) is 4.99 Å². The Morgan fingerprint density at radius 1 is 1.17 bits per heavy atom. The van der Waals surface area contributed by atoms with E-state index < -0.39 is 18.2 Å². The minimum absolute atomic E-state index is 0.123. The van der Waals surface area contributed by atoms with Crippen LogP contribution < -0.4 is 10.2 Å². The lowest BCUT2D eigenvalue weighted by molar-refractivity contribution is -0.129. The summed E-state index contributed by atoms with van der Waals surface area (Å²) in [4.78, 5) is 20.1. The number of benzene rings is 2. The molecule has 2 aromatic carbocycles. The molecule has 0 saturated carbocycles. The van der Waals surface area contributed by atoms with Gasteiger partial charge in [-0.25, -0.2) is 0 Å². The first-order chi connectivity index (χ1) is 14.5. The summed E-state index contributed by atoms with van der Waals surface area (Å²) in [6.07, 6.45) is 2.17. The second kappa shape index (κ2) is 10.4. The number of anilines is 1. The van der Waals surface area contributed by atoms with Gasteiger partial charge < -0.3 is 15.3 Å². The molecule has 5 heteroatoms. The van der Waals surface area contributed by atoms with Gasteiger partial charge in [0.25, 0.3) is 0 Å². The number of carbonyl (C=O) groups excluding carboxylic acids is 1. The zero-order chi connectivity index (χ0) is 21.5. The van der Waals surface area contributed by atoms with Crippen LogP contribution in [0.25, 0.3) is 0 Å². The molecule has 2 N–H and O–H groups in total. The minimum Gasteiger partial charge on any atom is -0.392 e. The molecule has 3 rings (SSSR count). The predicted octanol–water partition coefficient (Wildman–Crippen LogP) is 3.99. The highest BCUT2D eigenvalue weighted by atomic mass is 16.3. The molecular formula is C25H33N3O2. The summed E-state index contributed by atoms with van der Waals surface area (Å²) >= 11 is 0. The van der Waals surface area contributed by atoms with Crippen molar-refractivity contribution in [2.75, 3.05) is 18.5 Å². The third-order valence-electron chi connectivity index (χ3n) is 5.75. The van der Waals surface area contributed by atoms with Crippen molar-refractivity contribution in [3.8, 4) is 0 Å². The maximum absolute atomic E-state index is 13.0. The van der Waals surface area contributed by atoms with Crippen LogP contribution in [0.2, 0.25) is 0 Å². The Labute approximate surface area is 179 Å². The Morgan fingerprint density at radius 3 is 2.57 bits per heavy atom. The normalized spacial score (nSPS) is 18.1. The molecule has 160 valence electrons. The Hall–Kier alpha value is -2.66. The summed E-state index contributed by atoms with van der Waals surface area (Å²) in [6, 6.07) is 18.3. The lowest BCUT2D eigenvalue weighted by Crippen LogP contribution is -2.46. The average molecular weight is 408 g/mol. The van der Waals surface area contributed by atoms with Crippen LogP contribution in [0.5, 0.6) is 0 Å². The van der Waals surface area contributed by atoms with E-state index >= 15 is 0 Å². The summed E-state index contributed by atoms with van der Waals surface area (Å²) in [6.45, 7) is 4.61. The Morgan fingerprint density at radius 2 is 1.87 bits per heavy atom. The first-order valence-corrected chi connectivity index (χ1v) is 11.0. The number of rotatable bonds is 8. The molecule has 2 unspecified atom stereocenters. The number of aliphatic imine (C=N–C) groups is 1. The number of likely N-dealkylation sites (N-methyl/N-ethyl adjacent to an activating group) is 1. The molecule has 2 aromatic rings. The Balaban J connectivity index is 1.89. The molecule has 0 aliphatic carbocycles. The summed E-state index contributed by atoms with van der Waals surface area (Å²) in [5.74, 6) is -0.538. The molecule has 0 saturated heterocycles. The average Bonchev–Trinajstić information content (AvgIpc) is 2.90. The van der Waals surface area contributed by atoms with E-state index in [0.717, 1.165) is 35.4 Å². The molecule has 1 aliphatic heterocycles. The van der Waals surface area contributed by atoms with E-state index in [2.05, 4.69) is 29.3 Å². The standard InChI is InChI=1S/C25H33N3O2/c1-4-6-16-22(29)19(5-2)25(30)27-23-17-28(3)21-15-11-10-14-20(21)24(26-23)18-12-8-7-9-13-18/h7-15,19,22-23,29H,4-6,16-17H2,1-3H3,(H,27,30)/t19?,22?,23-/m1/s1. The van der Waals surface area contributed by atoms with Gasteiger partial charge in [0.15, 0.2) is 0 Å². The molecular weight excluding hydrogens is 374 g/mol. The van der Waals surface area contributed by atoms with Crippen molar-refractivity contribution in [3.63, 3.8) is 0 Å². The van der Waals surface area contributed by atoms with Crippen molar-refractivity contribution in [2.45, 2.75) is 51.8 Å². The molecule has 0 aromatic heterocycles. The highest BCUT2D eigenvalue weighted by Gasteiger charge is 2.29. The van der Waals surface area contributed by atoms with Gasteiger partial charge in [-0.15, -0.1) is 0 Å². The monoisotopic (exact) mass is 407 g/mol. The molecule has 5 nitrogen and oxygen atoms in total. The molecule has 1 amide bonds. The highest BCUT2D eigenvalue weighted by molar-refractivity contribution is 6.16. The molecule has 0 radical (unpaired) electrons. The van der Waals surface area contributed by atoms with Gasteiger partial charge in [0.2, 0.25) is 5.91 Å². The fourth-order valence-electron chi connectivity index (χ4n) is 4.05. The molecule has 1 heterocycles. The fourth-order valence-corrected chi connectivity index (χ4v) is 4.05. The smallest absolute Gasteiger partial charge is 0.227 e. The van der Waals surface area contributed by atoms with Gasteiger partial charge >= 0.3 is 0 Å². The van der Waals surface area contributed by atoms with Crippen molar-refractivity contribution in [1.29, 1.82) is 0 Å². The van der Waals surface area contributed by atoms with Gasteiger partial charge in [-0.2, -0.15) is 0 Å². The van der Waals surface area contributed by atoms with Crippen molar-refractivity contribution < 1.29 is 9.90 Å². The first-order valence-electron chi connectivity index (χ1n) is 11.0. The molecule has 0 bridgehead atoms. The van der Waals surface area contributed by atoms with E-state index in [-0.39, 0.29) is 5.91 Å². The number of fused-ring (bicyclic) bond motifs is 1. The molecule has 0 spiro atoms. The van der Waals surface area contributed by atoms with E-state index in [1.54, 1.807) is 0 Å². The third kappa shape index (κ3) is 5.08. The second-order valence-corrected chi connectivity index (χ2v) is 7.99. The number of aliphatic hydroxyl groups excluding tert-OH is 1. The van der Waals surface area contributed by atoms with E-state index in [1.807, 2.05) is 56.4 Å². The van der Waals surface area contributed by atoms with Crippen LogP contribution in [0.15, 0.2) is 59.6 Å². The van der Waals surface area contributed by atoms with Crippen molar-refractivity contribution in [2.24, 2.45) is 10.9 Å². The van der Waals surface area contributed by atoms with Crippen LogP contribution in [-0.2, 0) is 4.79 Å². The lowest BCUT2D eigenvalue weighted by atomic mass is 9.94. The van der Waals surface area contributed by atoms with Gasteiger partial charge in [0.05, 0.1) is 24.3 Å². The van der Waals surface area contributed by atoms with Crippen molar-refractivity contribution in [3.05, 3.63) is 65.7 Å². The van der Waals surface area contributed by atoms with E-state index in [0.29, 0.717) is 19.4 Å². The number of nitrogens with zero attached hydrogens (tertiary/aromatic N) is 2. The summed E-state index contributed by atoms with van der Waals surface area (Å²) in [7, 11) is 2.02. The quantitative estimate of drug-likeness (QED) is 0.695. The number of carbonyl (C=O) groups is 1. The number of nitrogens with one attached hydrogen (secondary N) is 1. The SMILES string of the molecule is CCCCC(O)C(CC)C(=O)N[C@@H]1CN(C)c2ccccc2C(c2ccccc2)=N1. The summed E-state index contributed by atoms with van der Waals surface area (Å²) in [5.41, 5.74) is 4.04. The summed E-state index contributed by atoms with van der Waals surface area (Å²) < 4.78 is 0. The van der Waals surface area contributed by atoms with E-state index in [9.17, 15) is 9.90 Å². The van der Waals surface area contributed by atoms with Crippen molar-refractivity contribution >= 4 is 17.3 Å². The second-order valence-electron chi connectivity index (χ2n) is 7.99. The van der Waals surface area contributed by atoms with Gasteiger partial charge in [0, 0.05) is 23.9 Å². The van der Waals surface area contributed by atoms with Gasteiger partial charge in [-0.1, -0.05) is 75.2 Å². The number of aliphatic hydroxyl groups is 1. The molecule has 1 aliphatic rings. The number of unbranched alkanes of at least 4 members (excludes halogenated alkanes) is 1. The maximum Gasteiger partial charge on any atom is 0.227 e. The van der Waals surface area contributed by atoms with Crippen LogP contribution >= 0.6 is 0 Å².